The van der Waals surface area contributed by atoms with Crippen molar-refractivity contribution in [3.63, 3.8) is 0 Å². The molecule has 1 saturated carbocycles. The number of amides is 2. The van der Waals surface area contributed by atoms with Crippen LogP contribution in [0.4, 0.5) is 11.5 Å². The van der Waals surface area contributed by atoms with Gasteiger partial charge in [0.25, 0.3) is 5.91 Å². The summed E-state index contributed by atoms with van der Waals surface area (Å²) >= 11 is 0. The van der Waals surface area contributed by atoms with E-state index in [1.165, 1.54) is 19.3 Å². The number of fused-ring (bicyclic) bond motifs is 1. The second-order valence-corrected chi connectivity index (χ2v) is 8.88. The van der Waals surface area contributed by atoms with Crippen LogP contribution < -0.4 is 10.6 Å². The summed E-state index contributed by atoms with van der Waals surface area (Å²) in [5.74, 6) is -1.23. The molecule has 0 bridgehead atoms. The van der Waals surface area contributed by atoms with Gasteiger partial charge >= 0.3 is 5.97 Å². The fraction of sp³-hybridized carbons (Fsp3) is 0.231. The number of carbonyl (C=O) groups excluding carboxylic acids is 3. The summed E-state index contributed by atoms with van der Waals surface area (Å²) < 4.78 is 7.31. The number of nitrogens with zero attached hydrogens (tertiary/aromatic N) is 5. The first-order chi connectivity index (χ1) is 17.3. The Balaban J connectivity index is 1.37. The van der Waals surface area contributed by atoms with Gasteiger partial charge in [-0.25, -0.2) is 14.8 Å². The molecule has 1 aliphatic rings. The summed E-state index contributed by atoms with van der Waals surface area (Å²) in [6, 6.07) is 13.4. The molecule has 1 aliphatic carbocycles. The zero-order chi connectivity index (χ0) is 25.4. The molecule has 0 aliphatic heterocycles. The summed E-state index contributed by atoms with van der Waals surface area (Å²) in [7, 11) is 0. The van der Waals surface area contributed by atoms with E-state index in [9.17, 15) is 14.4 Å². The van der Waals surface area contributed by atoms with E-state index in [-0.39, 0.29) is 30.5 Å². The van der Waals surface area contributed by atoms with Crippen molar-refractivity contribution in [2.45, 2.75) is 38.3 Å². The van der Waals surface area contributed by atoms with Gasteiger partial charge in [0.2, 0.25) is 5.91 Å². The molecule has 0 atom stereocenters. The van der Waals surface area contributed by atoms with Gasteiger partial charge in [-0.2, -0.15) is 0 Å². The van der Waals surface area contributed by atoms with Crippen molar-refractivity contribution in [2.24, 2.45) is 5.73 Å². The molecule has 2 aromatic heterocycles. The second kappa shape index (κ2) is 8.88. The van der Waals surface area contributed by atoms with Gasteiger partial charge < -0.3 is 15.0 Å². The average Bonchev–Trinajstić information content (AvgIpc) is 3.30. The lowest BCUT2D eigenvalue weighted by atomic mass is 9.74. The minimum Gasteiger partial charge on any atom is -0.444 e. The van der Waals surface area contributed by atoms with E-state index < -0.39 is 17.5 Å². The second-order valence-electron chi connectivity index (χ2n) is 8.88. The quantitative estimate of drug-likeness (QED) is 0.415. The molecule has 2 N–H and O–H groups in total. The number of imidazole rings is 1. The van der Waals surface area contributed by atoms with Crippen molar-refractivity contribution in [3.05, 3.63) is 78.8 Å². The van der Waals surface area contributed by atoms with Gasteiger partial charge in [0.05, 0.1) is 23.9 Å². The fourth-order valence-corrected chi connectivity index (χ4v) is 4.47. The molecular weight excluding hydrogens is 460 g/mol. The Morgan fingerprint density at radius 1 is 1.06 bits per heavy atom. The van der Waals surface area contributed by atoms with Crippen LogP contribution in [0.3, 0.4) is 0 Å². The van der Waals surface area contributed by atoms with Crippen molar-refractivity contribution < 1.29 is 19.1 Å². The summed E-state index contributed by atoms with van der Waals surface area (Å²) in [5, 5.41) is 1.93. The fourth-order valence-electron chi connectivity index (χ4n) is 4.47. The van der Waals surface area contributed by atoms with Crippen LogP contribution in [0.15, 0.2) is 67.4 Å². The molecule has 182 valence electrons. The van der Waals surface area contributed by atoms with Crippen LogP contribution in [0.5, 0.6) is 0 Å². The molecule has 5 rings (SSSR count). The lowest BCUT2D eigenvalue weighted by molar-refractivity contribution is -0.152. The third-order valence-electron chi connectivity index (χ3n) is 6.42. The molecule has 0 spiro atoms. The molecule has 2 aromatic carbocycles. The Hall–Kier alpha value is -4.60. The molecule has 10 heteroatoms. The minimum absolute atomic E-state index is 0.00165. The number of benzene rings is 2. The van der Waals surface area contributed by atoms with Crippen LogP contribution in [0, 0.1) is 6.92 Å². The number of hydrogen-bond donors (Lipinski definition) is 1. The van der Waals surface area contributed by atoms with Crippen molar-refractivity contribution in [1.82, 2.24) is 19.5 Å². The van der Waals surface area contributed by atoms with Crippen LogP contribution in [0.1, 0.15) is 42.0 Å². The van der Waals surface area contributed by atoms with Crippen LogP contribution >= 0.6 is 0 Å². The number of esters is 1. The van der Waals surface area contributed by atoms with Crippen LogP contribution in [-0.4, -0.2) is 42.9 Å². The molecule has 0 radical (unpaired) electrons. The largest absolute Gasteiger partial charge is 0.444 e. The van der Waals surface area contributed by atoms with E-state index in [0.717, 1.165) is 16.5 Å². The van der Waals surface area contributed by atoms with Gasteiger partial charge in [-0.1, -0.05) is 36.4 Å². The van der Waals surface area contributed by atoms with Crippen molar-refractivity contribution >= 4 is 40.1 Å². The summed E-state index contributed by atoms with van der Waals surface area (Å²) in [6.45, 7) is 3.23. The van der Waals surface area contributed by atoms with Crippen LogP contribution in [-0.2, 0) is 14.3 Å². The summed E-state index contributed by atoms with van der Waals surface area (Å²) in [5.41, 5.74) is 5.54. The highest BCUT2D eigenvalue weighted by molar-refractivity contribution is 6.06. The Bertz CT molecular complexity index is 1470. The zero-order valence-electron chi connectivity index (χ0n) is 19.8. The van der Waals surface area contributed by atoms with E-state index in [1.54, 1.807) is 28.9 Å². The predicted molar refractivity (Wildman–Crippen MR) is 131 cm³/mol. The Morgan fingerprint density at radius 3 is 2.50 bits per heavy atom. The van der Waals surface area contributed by atoms with E-state index >= 15 is 0 Å². The number of aryl methyl sites for hydroxylation is 1. The molecular formula is C26H24N6O4. The number of anilines is 2. The molecule has 36 heavy (non-hydrogen) atoms. The molecule has 2 amide bonds. The normalized spacial score (nSPS) is 18.9. The molecule has 0 unspecified atom stereocenters. The first kappa shape index (κ1) is 23.2. The first-order valence-corrected chi connectivity index (χ1v) is 11.4. The lowest BCUT2D eigenvalue weighted by Gasteiger charge is -2.44. The standard InChI is InChI=1S/C26H24N6O4/c1-16-12-29-21(13-28-16)24(34)36-26(25(27)35)10-19(11-26)31-14-23(30-15-31)32(17(2)33)22-9-5-7-18-6-3-4-8-20(18)22/h3-9,12-15,19H,10-11H2,1-2H3,(H2,27,35). The Morgan fingerprint density at radius 2 is 1.81 bits per heavy atom. The number of nitrogens with two attached hydrogens (primary N) is 1. The highest BCUT2D eigenvalue weighted by Crippen LogP contribution is 2.45. The van der Waals surface area contributed by atoms with Crippen LogP contribution in [0.25, 0.3) is 10.8 Å². The Kier molecular flexibility index (Phi) is 5.71. The SMILES string of the molecule is CC(=O)N(c1cn(C2CC(OC(=O)c3cnc(C)cn3)(C(N)=O)C2)cn1)c1cccc2ccccc12. The minimum atomic E-state index is -1.45. The van der Waals surface area contributed by atoms with E-state index in [0.29, 0.717) is 11.5 Å². The highest BCUT2D eigenvalue weighted by atomic mass is 16.6. The number of carbonyl (C=O) groups is 3. The number of ether oxygens (including phenoxy) is 1. The molecule has 10 nitrogen and oxygen atoms in total. The maximum Gasteiger partial charge on any atom is 0.359 e. The smallest absolute Gasteiger partial charge is 0.359 e. The van der Waals surface area contributed by atoms with Gasteiger partial charge in [-0.05, 0) is 18.4 Å². The van der Waals surface area contributed by atoms with Crippen molar-refractivity contribution in [2.75, 3.05) is 4.90 Å². The van der Waals surface area contributed by atoms with E-state index in [2.05, 4.69) is 15.0 Å². The van der Waals surface area contributed by atoms with Gasteiger partial charge in [-0.15, -0.1) is 0 Å². The molecule has 1 fully saturated rings. The number of aromatic nitrogens is 4. The summed E-state index contributed by atoms with van der Waals surface area (Å²) in [6.07, 6.45) is 6.44. The van der Waals surface area contributed by atoms with Crippen molar-refractivity contribution in [1.29, 1.82) is 0 Å². The Labute approximate surface area is 206 Å². The maximum atomic E-state index is 12.7. The summed E-state index contributed by atoms with van der Waals surface area (Å²) in [4.78, 5) is 51.5. The van der Waals surface area contributed by atoms with E-state index in [4.69, 9.17) is 10.5 Å². The zero-order valence-corrected chi connectivity index (χ0v) is 19.8. The van der Waals surface area contributed by atoms with E-state index in [1.807, 2.05) is 42.5 Å². The number of hydrogen-bond acceptors (Lipinski definition) is 7. The number of primary amides is 1. The van der Waals surface area contributed by atoms with Gasteiger partial charge in [0.15, 0.2) is 17.1 Å². The number of rotatable bonds is 6. The van der Waals surface area contributed by atoms with Gasteiger partial charge in [-0.3, -0.25) is 19.5 Å². The van der Waals surface area contributed by atoms with Crippen molar-refractivity contribution in [3.8, 4) is 0 Å². The topological polar surface area (TPSA) is 133 Å². The maximum absolute atomic E-state index is 12.7. The third-order valence-corrected chi connectivity index (χ3v) is 6.42. The lowest BCUT2D eigenvalue weighted by Crippen LogP contribution is -2.57. The molecule has 4 aromatic rings. The van der Waals surface area contributed by atoms with Crippen LogP contribution in [0.2, 0.25) is 0 Å². The van der Waals surface area contributed by atoms with Gasteiger partial charge in [0, 0.05) is 43.6 Å². The van der Waals surface area contributed by atoms with Gasteiger partial charge in [0.1, 0.15) is 0 Å². The predicted octanol–water partition coefficient (Wildman–Crippen LogP) is 3.24. The average molecular weight is 485 g/mol. The molecule has 2 heterocycles. The first-order valence-electron chi connectivity index (χ1n) is 11.4. The third kappa shape index (κ3) is 4.06. The monoisotopic (exact) mass is 484 g/mol. The highest BCUT2D eigenvalue weighted by Gasteiger charge is 2.53. The molecule has 0 saturated heterocycles.